The van der Waals surface area contributed by atoms with Crippen LogP contribution < -0.4 is 5.32 Å². The lowest BCUT2D eigenvalue weighted by Gasteiger charge is -2.13. The Morgan fingerprint density at radius 3 is 2.48 bits per heavy atom. The van der Waals surface area contributed by atoms with E-state index < -0.39 is 15.1 Å². The van der Waals surface area contributed by atoms with Crippen molar-refractivity contribution in [2.24, 2.45) is 7.05 Å². The number of sulfone groups is 1. The second-order valence-corrected chi connectivity index (χ2v) is 11.3. The van der Waals surface area contributed by atoms with Gasteiger partial charge in [0, 0.05) is 13.0 Å². The van der Waals surface area contributed by atoms with Crippen LogP contribution in [0, 0.1) is 0 Å². The maximum atomic E-state index is 12.7. The summed E-state index contributed by atoms with van der Waals surface area (Å²) in [5.41, 5.74) is 0. The van der Waals surface area contributed by atoms with E-state index in [0.29, 0.717) is 22.5 Å². The molecule has 1 unspecified atom stereocenters. The first kappa shape index (κ1) is 23.4. The van der Waals surface area contributed by atoms with Crippen LogP contribution in [0.2, 0.25) is 0 Å². The van der Waals surface area contributed by atoms with Crippen LogP contribution in [0.4, 0.5) is 5.13 Å². The molecule has 0 aliphatic carbocycles. The number of hydrogen-bond acceptors (Lipinski definition) is 9. The Balaban J connectivity index is 1.70. The molecule has 0 saturated carbocycles. The Bertz CT molecular complexity index is 1140. The molecule has 2 heterocycles. The number of hydrogen-bond donors (Lipinski definition) is 1. The summed E-state index contributed by atoms with van der Waals surface area (Å²) in [4.78, 5) is 12.9. The Morgan fingerprint density at radius 2 is 1.87 bits per heavy atom. The number of nitrogens with one attached hydrogen (secondary N) is 1. The number of nitrogens with zero attached hydrogens (tertiary/aromatic N) is 5. The molecule has 0 bridgehead atoms. The smallest absolute Gasteiger partial charge is 0.239 e. The molecule has 3 rings (SSSR count). The molecule has 1 N–H and O–H groups in total. The molecule has 1 aromatic carbocycles. The van der Waals surface area contributed by atoms with Gasteiger partial charge in [-0.1, -0.05) is 62.1 Å². The topological polar surface area (TPSA) is 120 Å². The number of rotatable bonds is 9. The summed E-state index contributed by atoms with van der Waals surface area (Å²) < 4.78 is 26.9. The van der Waals surface area contributed by atoms with Crippen LogP contribution in [-0.2, 0) is 27.4 Å². The van der Waals surface area contributed by atoms with E-state index in [1.54, 1.807) is 41.9 Å². The second-order valence-electron chi connectivity index (χ2n) is 7.13. The van der Waals surface area contributed by atoms with Gasteiger partial charge < -0.3 is 4.57 Å². The van der Waals surface area contributed by atoms with Crippen molar-refractivity contribution in [3.63, 3.8) is 0 Å². The molecule has 31 heavy (non-hydrogen) atoms. The third-order valence-corrected chi connectivity index (χ3v) is 8.59. The van der Waals surface area contributed by atoms with Crippen LogP contribution in [0.25, 0.3) is 0 Å². The van der Waals surface area contributed by atoms with Crippen LogP contribution in [0.5, 0.6) is 0 Å². The minimum absolute atomic E-state index is 0.208. The summed E-state index contributed by atoms with van der Waals surface area (Å²) in [5, 5.41) is 20.4. The lowest BCUT2D eigenvalue weighted by atomic mass is 10.2. The largest absolute Gasteiger partial charge is 0.308 e. The van der Waals surface area contributed by atoms with E-state index in [-0.39, 0.29) is 22.5 Å². The van der Waals surface area contributed by atoms with E-state index >= 15 is 0 Å². The van der Waals surface area contributed by atoms with E-state index in [0.717, 1.165) is 5.01 Å². The van der Waals surface area contributed by atoms with Gasteiger partial charge in [0.25, 0.3) is 0 Å². The zero-order valence-electron chi connectivity index (χ0n) is 17.6. The number of amides is 1. The molecule has 166 valence electrons. The lowest BCUT2D eigenvalue weighted by molar-refractivity contribution is -0.115. The predicted octanol–water partition coefficient (Wildman–Crippen LogP) is 3.27. The van der Waals surface area contributed by atoms with Crippen molar-refractivity contribution in [3.05, 3.63) is 41.2 Å². The molecule has 9 nitrogen and oxygen atoms in total. The minimum atomic E-state index is -3.54. The maximum absolute atomic E-state index is 12.7. The van der Waals surface area contributed by atoms with Gasteiger partial charge in [-0.15, -0.1) is 20.4 Å². The van der Waals surface area contributed by atoms with Gasteiger partial charge in [0.1, 0.15) is 16.6 Å². The second kappa shape index (κ2) is 9.88. The highest BCUT2D eigenvalue weighted by Crippen LogP contribution is 2.28. The van der Waals surface area contributed by atoms with Crippen LogP contribution in [0.1, 0.15) is 43.9 Å². The molecule has 0 spiro atoms. The summed E-state index contributed by atoms with van der Waals surface area (Å²) in [6, 6.07) is 8.22. The number of carbonyl (C=O) groups excluding carboxylic acids is 1. The SMILES string of the molecule is CCC(Sc1nnc(CS(=O)(=O)c2ccccc2)n1C)C(=O)Nc1nnc(C(C)C)s1. The normalized spacial score (nSPS) is 12.8. The third kappa shape index (κ3) is 5.69. The fourth-order valence-corrected chi connectivity index (χ4v) is 5.63. The molecule has 1 amide bonds. The maximum Gasteiger partial charge on any atom is 0.239 e. The van der Waals surface area contributed by atoms with Crippen LogP contribution in [0.15, 0.2) is 40.4 Å². The summed E-state index contributed by atoms with van der Waals surface area (Å²) in [7, 11) is -1.85. The quantitative estimate of drug-likeness (QED) is 0.463. The van der Waals surface area contributed by atoms with E-state index in [1.165, 1.54) is 23.1 Å². The van der Waals surface area contributed by atoms with Crippen molar-refractivity contribution in [2.45, 2.75) is 54.2 Å². The molecule has 0 saturated heterocycles. The predicted molar refractivity (Wildman–Crippen MR) is 121 cm³/mol. The van der Waals surface area contributed by atoms with Crippen LogP contribution >= 0.6 is 23.1 Å². The molecular formula is C19H24N6O3S3. The van der Waals surface area contributed by atoms with E-state index in [1.807, 2.05) is 20.8 Å². The minimum Gasteiger partial charge on any atom is -0.308 e. The van der Waals surface area contributed by atoms with Crippen molar-refractivity contribution in [1.82, 2.24) is 25.0 Å². The van der Waals surface area contributed by atoms with Crippen molar-refractivity contribution in [1.29, 1.82) is 0 Å². The van der Waals surface area contributed by atoms with Gasteiger partial charge in [0.2, 0.25) is 11.0 Å². The van der Waals surface area contributed by atoms with Gasteiger partial charge in [-0.25, -0.2) is 8.42 Å². The Labute approximate surface area is 189 Å². The van der Waals surface area contributed by atoms with E-state index in [4.69, 9.17) is 0 Å². The Kier molecular flexibility index (Phi) is 7.44. The monoisotopic (exact) mass is 480 g/mol. The third-order valence-electron chi connectivity index (χ3n) is 4.42. The molecule has 2 aromatic heterocycles. The van der Waals surface area contributed by atoms with Gasteiger partial charge in [0.05, 0.1) is 10.1 Å². The van der Waals surface area contributed by atoms with Crippen LogP contribution in [-0.4, -0.2) is 44.5 Å². The van der Waals surface area contributed by atoms with E-state index in [9.17, 15) is 13.2 Å². The first-order chi connectivity index (χ1) is 14.7. The van der Waals surface area contributed by atoms with Gasteiger partial charge in [-0.05, 0) is 18.6 Å². The first-order valence-electron chi connectivity index (χ1n) is 9.68. The fourth-order valence-electron chi connectivity index (χ4n) is 2.61. The number of aromatic nitrogens is 5. The van der Waals surface area contributed by atoms with Gasteiger partial charge in [-0.2, -0.15) is 0 Å². The zero-order valence-corrected chi connectivity index (χ0v) is 20.1. The summed E-state index contributed by atoms with van der Waals surface area (Å²) >= 11 is 2.59. The molecule has 12 heteroatoms. The Hall–Kier alpha value is -2.31. The molecule has 1 atom stereocenters. The molecule has 0 aliphatic rings. The molecule has 0 aliphatic heterocycles. The fraction of sp³-hybridized carbons (Fsp3) is 0.421. The highest BCUT2D eigenvalue weighted by molar-refractivity contribution is 8.00. The number of anilines is 1. The van der Waals surface area contributed by atoms with Gasteiger partial charge in [0.15, 0.2) is 15.0 Å². The number of carbonyl (C=O) groups is 1. The standard InChI is InChI=1S/C19H24N6O3S3/c1-5-14(16(26)20-18-23-22-17(30-18)12(2)3)29-19-24-21-15(25(19)4)11-31(27,28)13-9-7-6-8-10-13/h6-10,12,14H,5,11H2,1-4H3,(H,20,23,26). The van der Waals surface area contributed by atoms with E-state index in [2.05, 4.69) is 25.7 Å². The van der Waals surface area contributed by atoms with Crippen LogP contribution in [0.3, 0.4) is 0 Å². The number of thioether (sulfide) groups is 1. The van der Waals surface area contributed by atoms with Gasteiger partial charge in [-0.3, -0.25) is 10.1 Å². The summed E-state index contributed by atoms with van der Waals surface area (Å²) in [5.74, 6) is 0.0729. The average Bonchev–Trinajstić information content (AvgIpc) is 3.34. The molecule has 0 radical (unpaired) electrons. The highest BCUT2D eigenvalue weighted by Gasteiger charge is 2.25. The van der Waals surface area contributed by atoms with Gasteiger partial charge >= 0.3 is 0 Å². The van der Waals surface area contributed by atoms with Crippen molar-refractivity contribution >= 4 is 44.0 Å². The summed E-state index contributed by atoms with van der Waals surface area (Å²) in [6.07, 6.45) is 0.552. The zero-order chi connectivity index (χ0) is 22.6. The molecule has 0 fully saturated rings. The molecule has 3 aromatic rings. The van der Waals surface area contributed by atoms with Crippen molar-refractivity contribution in [2.75, 3.05) is 5.32 Å². The van der Waals surface area contributed by atoms with Crippen molar-refractivity contribution < 1.29 is 13.2 Å². The molecular weight excluding hydrogens is 456 g/mol. The lowest BCUT2D eigenvalue weighted by Crippen LogP contribution is -2.25. The Morgan fingerprint density at radius 1 is 1.16 bits per heavy atom. The van der Waals surface area contributed by atoms with Crippen molar-refractivity contribution in [3.8, 4) is 0 Å². The summed E-state index contributed by atoms with van der Waals surface area (Å²) in [6.45, 7) is 5.93. The average molecular weight is 481 g/mol. The number of benzene rings is 1. The highest BCUT2D eigenvalue weighted by atomic mass is 32.2. The first-order valence-corrected chi connectivity index (χ1v) is 13.0.